The number of hydrogen-bond donors (Lipinski definition) is 0. The van der Waals surface area contributed by atoms with Crippen molar-refractivity contribution < 1.29 is 22.8 Å². The van der Waals surface area contributed by atoms with Crippen LogP contribution in [0, 0.1) is 5.41 Å². The summed E-state index contributed by atoms with van der Waals surface area (Å²) < 4.78 is 37.4. The van der Waals surface area contributed by atoms with Gasteiger partial charge in [0.25, 0.3) is 0 Å². The Balaban J connectivity index is 1.89. The largest absolute Gasteiger partial charge is 0.406 e. The molecule has 0 unspecified atom stereocenters. The molecule has 1 atom stereocenters. The van der Waals surface area contributed by atoms with E-state index in [1.165, 1.54) is 0 Å². The van der Waals surface area contributed by atoms with E-state index in [9.17, 15) is 22.8 Å². The second-order valence-corrected chi connectivity index (χ2v) is 7.26. The van der Waals surface area contributed by atoms with Crippen molar-refractivity contribution in [2.75, 3.05) is 39.3 Å². The van der Waals surface area contributed by atoms with E-state index in [2.05, 4.69) is 0 Å². The van der Waals surface area contributed by atoms with Crippen LogP contribution in [0.25, 0.3) is 0 Å². The molecule has 0 spiro atoms. The van der Waals surface area contributed by atoms with Gasteiger partial charge in [0.1, 0.15) is 6.54 Å². The van der Waals surface area contributed by atoms with Crippen molar-refractivity contribution in [3.63, 3.8) is 0 Å². The molecule has 2 heterocycles. The standard InChI is InChI=1S/C15H24F3N3O2/c1-14(2,3)13(23)20-8-6-19(7-9-20)11-4-5-21(12(11)22)10-15(16,17)18/h11H,4-10H2,1-3H3/t11-/m1/s1. The van der Waals surface area contributed by atoms with Crippen LogP contribution in [0.2, 0.25) is 0 Å². The molecular weight excluding hydrogens is 311 g/mol. The second-order valence-electron chi connectivity index (χ2n) is 7.26. The highest BCUT2D eigenvalue weighted by Gasteiger charge is 2.42. The molecule has 5 nitrogen and oxygen atoms in total. The minimum atomic E-state index is -4.36. The van der Waals surface area contributed by atoms with E-state index in [0.717, 1.165) is 4.90 Å². The summed E-state index contributed by atoms with van der Waals surface area (Å²) in [4.78, 5) is 29.0. The highest BCUT2D eigenvalue weighted by molar-refractivity contribution is 5.84. The van der Waals surface area contributed by atoms with Gasteiger partial charge in [-0.2, -0.15) is 13.2 Å². The van der Waals surface area contributed by atoms with Crippen LogP contribution in [0.4, 0.5) is 13.2 Å². The van der Waals surface area contributed by atoms with Crippen molar-refractivity contribution in [1.82, 2.24) is 14.7 Å². The van der Waals surface area contributed by atoms with Crippen LogP contribution in [0.3, 0.4) is 0 Å². The monoisotopic (exact) mass is 335 g/mol. The van der Waals surface area contributed by atoms with Gasteiger partial charge in [0, 0.05) is 38.1 Å². The first-order chi connectivity index (χ1) is 10.5. The highest BCUT2D eigenvalue weighted by Crippen LogP contribution is 2.25. The number of amides is 2. The number of nitrogens with zero attached hydrogens (tertiary/aromatic N) is 3. The molecule has 0 aromatic carbocycles. The molecule has 2 amide bonds. The molecule has 0 aromatic heterocycles. The molecule has 2 rings (SSSR count). The first-order valence-electron chi connectivity index (χ1n) is 7.88. The van der Waals surface area contributed by atoms with Crippen molar-refractivity contribution in [1.29, 1.82) is 0 Å². The van der Waals surface area contributed by atoms with Crippen LogP contribution in [-0.4, -0.2) is 78.0 Å². The quantitative estimate of drug-likeness (QED) is 0.765. The molecule has 0 bridgehead atoms. The second kappa shape index (κ2) is 6.30. The van der Waals surface area contributed by atoms with Crippen molar-refractivity contribution in [3.8, 4) is 0 Å². The van der Waals surface area contributed by atoms with Crippen LogP contribution < -0.4 is 0 Å². The molecule has 2 aliphatic heterocycles. The Hall–Kier alpha value is -1.31. The van der Waals surface area contributed by atoms with Gasteiger partial charge >= 0.3 is 6.18 Å². The van der Waals surface area contributed by atoms with Crippen molar-refractivity contribution in [2.45, 2.75) is 39.4 Å². The molecule has 0 aliphatic carbocycles. The third-order valence-corrected chi connectivity index (χ3v) is 4.32. The number of carbonyl (C=O) groups is 2. The maximum absolute atomic E-state index is 12.5. The lowest BCUT2D eigenvalue weighted by Gasteiger charge is -2.39. The van der Waals surface area contributed by atoms with E-state index in [0.29, 0.717) is 32.6 Å². The van der Waals surface area contributed by atoms with Gasteiger partial charge in [-0.05, 0) is 6.42 Å². The van der Waals surface area contributed by atoms with Crippen molar-refractivity contribution >= 4 is 11.8 Å². The molecule has 0 radical (unpaired) electrons. The van der Waals surface area contributed by atoms with Crippen LogP contribution in [0.5, 0.6) is 0 Å². The van der Waals surface area contributed by atoms with E-state index in [1.54, 1.807) is 4.90 Å². The molecular formula is C15H24F3N3O2. The van der Waals surface area contributed by atoms with E-state index in [-0.39, 0.29) is 12.5 Å². The summed E-state index contributed by atoms with van der Waals surface area (Å²) in [5.41, 5.74) is -0.450. The van der Waals surface area contributed by atoms with Gasteiger partial charge in [-0.1, -0.05) is 20.8 Å². The predicted octanol–water partition coefficient (Wildman–Crippen LogP) is 1.34. The summed E-state index contributed by atoms with van der Waals surface area (Å²) >= 11 is 0. The Bertz CT molecular complexity index is 466. The maximum atomic E-state index is 12.5. The average molecular weight is 335 g/mol. The molecule has 2 saturated heterocycles. The minimum Gasteiger partial charge on any atom is -0.340 e. The van der Waals surface area contributed by atoms with Crippen LogP contribution in [0.15, 0.2) is 0 Å². The first kappa shape index (κ1) is 18.0. The lowest BCUT2D eigenvalue weighted by molar-refractivity contribution is -0.159. The summed E-state index contributed by atoms with van der Waals surface area (Å²) in [6.45, 7) is 6.62. The van der Waals surface area contributed by atoms with Crippen LogP contribution in [0.1, 0.15) is 27.2 Å². The fourth-order valence-electron chi connectivity index (χ4n) is 3.15. The molecule has 132 valence electrons. The number of hydrogen-bond acceptors (Lipinski definition) is 3. The molecule has 8 heteroatoms. The predicted molar refractivity (Wildman–Crippen MR) is 78.6 cm³/mol. The third-order valence-electron chi connectivity index (χ3n) is 4.32. The van der Waals surface area contributed by atoms with Gasteiger partial charge in [0.05, 0.1) is 6.04 Å². The number of rotatable bonds is 2. The van der Waals surface area contributed by atoms with Gasteiger partial charge < -0.3 is 9.80 Å². The van der Waals surface area contributed by atoms with Gasteiger partial charge in [0.15, 0.2) is 0 Å². The molecule has 2 fully saturated rings. The summed E-state index contributed by atoms with van der Waals surface area (Å²) in [6, 6.07) is -0.482. The molecule has 0 aromatic rings. The Morgan fingerprint density at radius 1 is 1.09 bits per heavy atom. The van der Waals surface area contributed by atoms with Crippen LogP contribution >= 0.6 is 0 Å². The van der Waals surface area contributed by atoms with E-state index in [1.807, 2.05) is 25.7 Å². The van der Waals surface area contributed by atoms with Gasteiger partial charge in [0.2, 0.25) is 11.8 Å². The zero-order valence-corrected chi connectivity index (χ0v) is 13.8. The third kappa shape index (κ3) is 4.37. The number of likely N-dealkylation sites (tertiary alicyclic amines) is 1. The van der Waals surface area contributed by atoms with Crippen LogP contribution in [-0.2, 0) is 9.59 Å². The zero-order valence-electron chi connectivity index (χ0n) is 13.8. The summed E-state index contributed by atoms with van der Waals surface area (Å²) in [6.07, 6.45) is -3.94. The molecule has 23 heavy (non-hydrogen) atoms. The fraction of sp³-hybridized carbons (Fsp3) is 0.867. The van der Waals surface area contributed by atoms with E-state index >= 15 is 0 Å². The Labute approximate surface area is 134 Å². The SMILES string of the molecule is CC(C)(C)C(=O)N1CCN([C@@H]2CCN(CC(F)(F)F)C2=O)CC1. The minimum absolute atomic E-state index is 0.0635. The van der Waals surface area contributed by atoms with E-state index < -0.39 is 30.1 Å². The van der Waals surface area contributed by atoms with Gasteiger partial charge in [-0.3, -0.25) is 14.5 Å². The average Bonchev–Trinajstić information content (AvgIpc) is 2.77. The topological polar surface area (TPSA) is 43.9 Å². The highest BCUT2D eigenvalue weighted by atomic mass is 19.4. The normalized spacial score (nSPS) is 24.4. The van der Waals surface area contributed by atoms with Crippen molar-refractivity contribution in [2.24, 2.45) is 5.41 Å². The Kier molecular flexibility index (Phi) is 4.94. The molecule has 0 saturated carbocycles. The summed E-state index contributed by atoms with van der Waals surface area (Å²) in [7, 11) is 0. The van der Waals surface area contributed by atoms with E-state index in [4.69, 9.17) is 0 Å². The van der Waals surface area contributed by atoms with Gasteiger partial charge in [-0.25, -0.2) is 0 Å². The van der Waals surface area contributed by atoms with Crippen molar-refractivity contribution in [3.05, 3.63) is 0 Å². The zero-order chi connectivity index (χ0) is 17.4. The Morgan fingerprint density at radius 2 is 1.65 bits per heavy atom. The fourth-order valence-corrected chi connectivity index (χ4v) is 3.15. The number of carbonyl (C=O) groups excluding carboxylic acids is 2. The lowest BCUT2D eigenvalue weighted by atomic mass is 9.94. The first-order valence-corrected chi connectivity index (χ1v) is 7.88. The maximum Gasteiger partial charge on any atom is 0.406 e. The number of alkyl halides is 3. The van der Waals surface area contributed by atoms with Gasteiger partial charge in [-0.15, -0.1) is 0 Å². The smallest absolute Gasteiger partial charge is 0.340 e. The Morgan fingerprint density at radius 3 is 2.13 bits per heavy atom. The lowest BCUT2D eigenvalue weighted by Crippen LogP contribution is -2.55. The molecule has 0 N–H and O–H groups in total. The molecule has 2 aliphatic rings. The number of halogens is 3. The summed E-state index contributed by atoms with van der Waals surface area (Å²) in [5, 5.41) is 0. The summed E-state index contributed by atoms with van der Waals surface area (Å²) in [5.74, 6) is -0.383. The number of piperazine rings is 1.